The zero-order chi connectivity index (χ0) is 11.4. The third-order valence-corrected chi connectivity index (χ3v) is 2.06. The van der Waals surface area contributed by atoms with Crippen molar-refractivity contribution in [3.63, 3.8) is 0 Å². The molecule has 15 heavy (non-hydrogen) atoms. The van der Waals surface area contributed by atoms with Crippen LogP contribution in [-0.4, -0.2) is 13.0 Å². The van der Waals surface area contributed by atoms with Crippen LogP contribution in [0.2, 0.25) is 0 Å². The van der Waals surface area contributed by atoms with Gasteiger partial charge in [0.25, 0.3) is 0 Å². The number of aryl methyl sites for hydroxylation is 1. The van der Waals surface area contributed by atoms with Gasteiger partial charge in [0.1, 0.15) is 5.75 Å². The molecular formula is C11H15NO3. The largest absolute Gasteiger partial charge is 0.496 e. The third kappa shape index (κ3) is 2.62. The lowest BCUT2D eigenvalue weighted by molar-refractivity contribution is -0.125. The summed E-state index contributed by atoms with van der Waals surface area (Å²) in [5, 5.41) is 0. The van der Waals surface area contributed by atoms with Gasteiger partial charge in [-0.15, -0.1) is 0 Å². The van der Waals surface area contributed by atoms with Crippen LogP contribution < -0.4 is 15.1 Å². The number of rotatable bonds is 3. The predicted molar refractivity (Wildman–Crippen MR) is 56.9 cm³/mol. The third-order valence-electron chi connectivity index (χ3n) is 2.06. The number of methoxy groups -OCH3 is 1. The first-order valence-corrected chi connectivity index (χ1v) is 4.64. The highest BCUT2D eigenvalue weighted by Crippen LogP contribution is 2.30. The van der Waals surface area contributed by atoms with Crippen LogP contribution in [0.25, 0.3) is 0 Å². The number of hydrogen-bond donors (Lipinski definition) is 1. The highest BCUT2D eigenvalue weighted by molar-refractivity contribution is 5.71. The molecule has 1 amide bonds. The molecule has 1 N–H and O–H groups in total. The van der Waals surface area contributed by atoms with E-state index in [1.165, 1.54) is 6.92 Å². The highest BCUT2D eigenvalue weighted by Gasteiger charge is 2.09. The van der Waals surface area contributed by atoms with Crippen molar-refractivity contribution in [1.29, 1.82) is 0 Å². The van der Waals surface area contributed by atoms with Gasteiger partial charge in [0, 0.05) is 12.5 Å². The van der Waals surface area contributed by atoms with E-state index in [1.54, 1.807) is 13.2 Å². The molecule has 1 aromatic rings. The molecule has 0 bridgehead atoms. The van der Waals surface area contributed by atoms with E-state index in [0.29, 0.717) is 5.75 Å². The fraction of sp³-hybridized carbons (Fsp3) is 0.364. The SMILES string of the molecule is COc1c(C)ccc(ONC(C)=O)c1C. The van der Waals surface area contributed by atoms with E-state index in [1.807, 2.05) is 19.9 Å². The van der Waals surface area contributed by atoms with Gasteiger partial charge in [-0.2, -0.15) is 5.48 Å². The van der Waals surface area contributed by atoms with Gasteiger partial charge < -0.3 is 9.57 Å². The summed E-state index contributed by atoms with van der Waals surface area (Å²) >= 11 is 0. The summed E-state index contributed by atoms with van der Waals surface area (Å²) in [6.45, 7) is 5.22. The van der Waals surface area contributed by atoms with Crippen LogP contribution in [0, 0.1) is 13.8 Å². The highest BCUT2D eigenvalue weighted by atomic mass is 16.7. The summed E-state index contributed by atoms with van der Waals surface area (Å²) in [7, 11) is 1.61. The lowest BCUT2D eigenvalue weighted by atomic mass is 10.1. The molecule has 0 spiro atoms. The Morgan fingerprint density at radius 2 is 2.00 bits per heavy atom. The van der Waals surface area contributed by atoms with Crippen molar-refractivity contribution in [2.75, 3.05) is 7.11 Å². The summed E-state index contributed by atoms with van der Waals surface area (Å²) in [6, 6.07) is 3.67. The van der Waals surface area contributed by atoms with Gasteiger partial charge in [-0.1, -0.05) is 6.07 Å². The Kier molecular flexibility index (Phi) is 3.55. The Morgan fingerprint density at radius 1 is 1.33 bits per heavy atom. The van der Waals surface area contributed by atoms with Crippen LogP contribution in [0.3, 0.4) is 0 Å². The lowest BCUT2D eigenvalue weighted by Gasteiger charge is -2.13. The smallest absolute Gasteiger partial charge is 0.249 e. The molecule has 4 heteroatoms. The van der Waals surface area contributed by atoms with E-state index in [9.17, 15) is 4.79 Å². The van der Waals surface area contributed by atoms with E-state index >= 15 is 0 Å². The van der Waals surface area contributed by atoms with Crippen molar-refractivity contribution in [3.8, 4) is 11.5 Å². The first kappa shape index (κ1) is 11.4. The molecule has 82 valence electrons. The zero-order valence-corrected chi connectivity index (χ0v) is 9.38. The van der Waals surface area contributed by atoms with Gasteiger partial charge in [0.15, 0.2) is 5.75 Å². The minimum absolute atomic E-state index is 0.242. The maximum atomic E-state index is 10.7. The number of hydroxylamine groups is 1. The van der Waals surface area contributed by atoms with Crippen molar-refractivity contribution in [2.45, 2.75) is 20.8 Å². The molecule has 4 nitrogen and oxygen atoms in total. The molecule has 0 radical (unpaired) electrons. The summed E-state index contributed by atoms with van der Waals surface area (Å²) in [4.78, 5) is 15.8. The van der Waals surface area contributed by atoms with Gasteiger partial charge in [0.2, 0.25) is 5.91 Å². The van der Waals surface area contributed by atoms with Gasteiger partial charge in [-0.05, 0) is 25.5 Å². The predicted octanol–water partition coefficient (Wildman–Crippen LogP) is 1.74. The minimum Gasteiger partial charge on any atom is -0.496 e. The van der Waals surface area contributed by atoms with E-state index in [0.717, 1.165) is 16.9 Å². The first-order chi connectivity index (χ1) is 7.06. The van der Waals surface area contributed by atoms with E-state index < -0.39 is 0 Å². The molecule has 0 aliphatic rings. The van der Waals surface area contributed by atoms with Crippen LogP contribution in [0.5, 0.6) is 11.5 Å². The number of carbonyl (C=O) groups excluding carboxylic acids is 1. The number of ether oxygens (including phenoxy) is 1. The molecule has 1 aromatic carbocycles. The molecule has 0 saturated carbocycles. The average molecular weight is 209 g/mol. The molecule has 0 atom stereocenters. The second-order valence-electron chi connectivity index (χ2n) is 3.30. The number of amides is 1. The Morgan fingerprint density at radius 3 is 2.53 bits per heavy atom. The van der Waals surface area contributed by atoms with E-state index in [-0.39, 0.29) is 5.91 Å². The quantitative estimate of drug-likeness (QED) is 0.771. The molecule has 0 aliphatic heterocycles. The average Bonchev–Trinajstić information content (AvgIpc) is 2.17. The van der Waals surface area contributed by atoms with Gasteiger partial charge in [0.05, 0.1) is 7.11 Å². The van der Waals surface area contributed by atoms with Crippen LogP contribution in [0.4, 0.5) is 0 Å². The van der Waals surface area contributed by atoms with Gasteiger partial charge in [-0.25, -0.2) is 0 Å². The summed E-state index contributed by atoms with van der Waals surface area (Å²) in [5.74, 6) is 1.12. The first-order valence-electron chi connectivity index (χ1n) is 4.64. The molecule has 0 fully saturated rings. The zero-order valence-electron chi connectivity index (χ0n) is 9.38. The van der Waals surface area contributed by atoms with E-state index in [2.05, 4.69) is 5.48 Å². The molecular weight excluding hydrogens is 194 g/mol. The molecule has 0 aromatic heterocycles. The van der Waals surface area contributed by atoms with Crippen molar-refractivity contribution in [1.82, 2.24) is 5.48 Å². The van der Waals surface area contributed by atoms with Crippen LogP contribution in [-0.2, 0) is 4.79 Å². The summed E-state index contributed by atoms with van der Waals surface area (Å²) < 4.78 is 5.23. The normalized spacial score (nSPS) is 9.60. The second kappa shape index (κ2) is 4.68. The maximum absolute atomic E-state index is 10.7. The Balaban J connectivity index is 2.94. The number of nitrogens with one attached hydrogen (secondary N) is 1. The lowest BCUT2D eigenvalue weighted by Crippen LogP contribution is -2.24. The van der Waals surface area contributed by atoms with Gasteiger partial charge >= 0.3 is 0 Å². The van der Waals surface area contributed by atoms with Crippen molar-refractivity contribution in [2.24, 2.45) is 0 Å². The fourth-order valence-corrected chi connectivity index (χ4v) is 1.36. The summed E-state index contributed by atoms with van der Waals surface area (Å²) in [5.41, 5.74) is 4.18. The number of carbonyl (C=O) groups is 1. The Hall–Kier alpha value is -1.71. The standard InChI is InChI=1S/C11H15NO3/c1-7-5-6-10(15-12-9(3)13)8(2)11(7)14-4/h5-6H,1-4H3,(H,12,13). The molecule has 1 rings (SSSR count). The maximum Gasteiger partial charge on any atom is 0.249 e. The molecule has 0 saturated heterocycles. The van der Waals surface area contributed by atoms with Crippen molar-refractivity contribution >= 4 is 5.91 Å². The van der Waals surface area contributed by atoms with E-state index in [4.69, 9.17) is 9.57 Å². The monoisotopic (exact) mass is 209 g/mol. The van der Waals surface area contributed by atoms with Crippen LogP contribution >= 0.6 is 0 Å². The van der Waals surface area contributed by atoms with Crippen molar-refractivity contribution < 1.29 is 14.4 Å². The Labute approximate surface area is 89.1 Å². The van der Waals surface area contributed by atoms with Crippen molar-refractivity contribution in [3.05, 3.63) is 23.3 Å². The van der Waals surface area contributed by atoms with Gasteiger partial charge in [-0.3, -0.25) is 4.79 Å². The van der Waals surface area contributed by atoms with Crippen LogP contribution in [0.15, 0.2) is 12.1 Å². The minimum atomic E-state index is -0.242. The number of hydrogen-bond acceptors (Lipinski definition) is 3. The molecule has 0 heterocycles. The van der Waals surface area contributed by atoms with Crippen LogP contribution in [0.1, 0.15) is 18.1 Å². The topological polar surface area (TPSA) is 47.6 Å². The molecule has 0 aliphatic carbocycles. The fourth-order valence-electron chi connectivity index (χ4n) is 1.36. The Bertz CT molecular complexity index is 374. The summed E-state index contributed by atoms with van der Waals surface area (Å²) in [6.07, 6.45) is 0. The molecule has 0 unspecified atom stereocenters. The number of benzene rings is 1. The second-order valence-corrected chi connectivity index (χ2v) is 3.30.